The largest absolute Gasteiger partial charge is 0.460 e. The van der Waals surface area contributed by atoms with Crippen LogP contribution in [0.5, 0.6) is 0 Å². The number of allylic oxidation sites excluding steroid dienone is 1. The summed E-state index contributed by atoms with van der Waals surface area (Å²) >= 11 is 0. The molecule has 0 aromatic rings. The van der Waals surface area contributed by atoms with E-state index in [0.29, 0.717) is 6.42 Å². The Morgan fingerprint density at radius 1 is 1.53 bits per heavy atom. The van der Waals surface area contributed by atoms with Crippen molar-refractivity contribution in [2.45, 2.75) is 38.3 Å². The first-order chi connectivity index (χ1) is 7.85. The highest BCUT2D eigenvalue weighted by Gasteiger charge is 2.51. The molecule has 0 heterocycles. The van der Waals surface area contributed by atoms with Gasteiger partial charge in [0.25, 0.3) is 0 Å². The predicted octanol–water partition coefficient (Wildman–Crippen LogP) is 1.81. The standard InChI is InChI=1S/C13H16NO3/c1-12(2,3)17-11(16)10-7-13(14-8-15)5-4-9(10)6-13/h4-5,7,9-10H,6H2,1-3H3. The second-order valence-corrected chi connectivity index (χ2v) is 5.65. The molecule has 4 nitrogen and oxygen atoms in total. The van der Waals surface area contributed by atoms with Crippen LogP contribution in [-0.2, 0) is 14.3 Å². The summed E-state index contributed by atoms with van der Waals surface area (Å²) in [4.78, 5) is 26.1. The molecule has 91 valence electrons. The van der Waals surface area contributed by atoms with Gasteiger partial charge in [-0.3, -0.25) is 4.79 Å². The van der Waals surface area contributed by atoms with Gasteiger partial charge in [0, 0.05) is 6.42 Å². The van der Waals surface area contributed by atoms with Gasteiger partial charge in [-0.25, -0.2) is 4.79 Å². The zero-order valence-electron chi connectivity index (χ0n) is 10.3. The van der Waals surface area contributed by atoms with Gasteiger partial charge in [0.1, 0.15) is 5.60 Å². The summed E-state index contributed by atoms with van der Waals surface area (Å²) in [6.07, 6.45) is 7.86. The fraction of sp³-hybridized carbons (Fsp3) is 0.615. The normalized spacial score (nSPS) is 34.5. The molecule has 0 saturated heterocycles. The predicted molar refractivity (Wildman–Crippen MR) is 61.7 cm³/mol. The van der Waals surface area contributed by atoms with Crippen molar-refractivity contribution in [1.82, 2.24) is 0 Å². The van der Waals surface area contributed by atoms with Crippen molar-refractivity contribution in [3.05, 3.63) is 18.6 Å². The van der Waals surface area contributed by atoms with Crippen molar-refractivity contribution in [3.63, 3.8) is 0 Å². The van der Waals surface area contributed by atoms with Crippen LogP contribution in [0.25, 0.3) is 0 Å². The zero-order valence-corrected chi connectivity index (χ0v) is 10.3. The molecule has 4 heteroatoms. The molecule has 0 aromatic heterocycles. The monoisotopic (exact) mass is 234 g/mol. The van der Waals surface area contributed by atoms with Crippen LogP contribution < -0.4 is 0 Å². The number of isocyanates is 1. The third kappa shape index (κ3) is 2.32. The molecule has 0 aliphatic heterocycles. The Balaban J connectivity index is 2.10. The fourth-order valence-electron chi connectivity index (χ4n) is 2.43. The number of hydrogen-bond acceptors (Lipinski definition) is 4. The Kier molecular flexibility index (Phi) is 2.70. The molecule has 2 aliphatic carbocycles. The maximum absolute atomic E-state index is 12.0. The minimum Gasteiger partial charge on any atom is -0.460 e. The summed E-state index contributed by atoms with van der Waals surface area (Å²) in [6, 6.07) is 0. The molecule has 3 unspecified atom stereocenters. The van der Waals surface area contributed by atoms with Crippen molar-refractivity contribution < 1.29 is 14.3 Å². The van der Waals surface area contributed by atoms with E-state index in [0.717, 1.165) is 0 Å². The Morgan fingerprint density at radius 2 is 2.24 bits per heavy atom. The second kappa shape index (κ2) is 3.81. The summed E-state index contributed by atoms with van der Waals surface area (Å²) in [5, 5.41) is 0. The van der Waals surface area contributed by atoms with Crippen LogP contribution >= 0.6 is 0 Å². The summed E-state index contributed by atoms with van der Waals surface area (Å²) in [6.45, 7) is 5.52. The minimum atomic E-state index is -0.617. The summed E-state index contributed by atoms with van der Waals surface area (Å²) < 4.78 is 5.35. The van der Waals surface area contributed by atoms with Crippen molar-refractivity contribution in [3.8, 4) is 0 Å². The molecule has 0 amide bonds. The van der Waals surface area contributed by atoms with Gasteiger partial charge in [0.2, 0.25) is 6.08 Å². The maximum Gasteiger partial charge on any atom is 0.310 e. The molecule has 0 N–H and O–H groups in total. The van der Waals surface area contributed by atoms with Crippen molar-refractivity contribution in [1.29, 1.82) is 0 Å². The van der Waals surface area contributed by atoms with Crippen LogP contribution in [0.3, 0.4) is 0 Å². The number of carbonyl (C=O) groups excluding carboxylic acids is 2. The number of fused-ring (bicyclic) bond motifs is 2. The Hall–Kier alpha value is -1.41. The quantitative estimate of drug-likeness (QED) is 0.317. The summed E-state index contributed by atoms with van der Waals surface area (Å²) in [5.41, 5.74) is -1.11. The molecule has 0 aromatic carbocycles. The lowest BCUT2D eigenvalue weighted by Crippen LogP contribution is -2.32. The molecule has 17 heavy (non-hydrogen) atoms. The Morgan fingerprint density at radius 3 is 2.82 bits per heavy atom. The molecule has 1 saturated carbocycles. The van der Waals surface area contributed by atoms with Crippen LogP contribution in [-0.4, -0.2) is 23.2 Å². The first-order valence-electron chi connectivity index (χ1n) is 5.72. The lowest BCUT2D eigenvalue weighted by Gasteiger charge is -2.25. The minimum absolute atomic E-state index is 0.0990. The van der Waals surface area contributed by atoms with Crippen LogP contribution in [0.15, 0.2) is 17.1 Å². The van der Waals surface area contributed by atoms with Crippen molar-refractivity contribution >= 4 is 12.0 Å². The molecular weight excluding hydrogens is 218 g/mol. The third-order valence-electron chi connectivity index (χ3n) is 3.06. The molecule has 1 fully saturated rings. The Bertz CT molecular complexity index is 415. The van der Waals surface area contributed by atoms with Gasteiger partial charge in [-0.05, 0) is 33.1 Å². The smallest absolute Gasteiger partial charge is 0.310 e. The fourth-order valence-corrected chi connectivity index (χ4v) is 2.43. The van der Waals surface area contributed by atoms with Gasteiger partial charge >= 0.3 is 5.97 Å². The molecule has 3 atom stereocenters. The lowest BCUT2D eigenvalue weighted by molar-refractivity contribution is -0.159. The van der Waals surface area contributed by atoms with E-state index < -0.39 is 11.1 Å². The molecule has 0 spiro atoms. The van der Waals surface area contributed by atoms with Gasteiger partial charge in [-0.1, -0.05) is 12.2 Å². The van der Waals surface area contributed by atoms with E-state index >= 15 is 0 Å². The number of hydrogen-bond donors (Lipinski definition) is 0. The van der Waals surface area contributed by atoms with Gasteiger partial charge in [-0.15, -0.1) is 0 Å². The van der Waals surface area contributed by atoms with Gasteiger partial charge in [0.05, 0.1) is 11.5 Å². The number of aliphatic imine (C=N–C) groups is 1. The van der Waals surface area contributed by atoms with Crippen molar-refractivity contribution in [2.24, 2.45) is 16.8 Å². The molecule has 2 rings (SSSR count). The van der Waals surface area contributed by atoms with Crippen LogP contribution in [0, 0.1) is 18.3 Å². The second-order valence-electron chi connectivity index (χ2n) is 5.65. The molecule has 2 bridgehead atoms. The van der Waals surface area contributed by atoms with E-state index in [9.17, 15) is 9.59 Å². The Labute approximate surface area is 101 Å². The average Bonchev–Trinajstić information content (AvgIpc) is 2.72. The van der Waals surface area contributed by atoms with E-state index in [-0.39, 0.29) is 17.8 Å². The van der Waals surface area contributed by atoms with Gasteiger partial charge in [0.15, 0.2) is 0 Å². The first-order valence-corrected chi connectivity index (χ1v) is 5.72. The summed E-state index contributed by atoms with van der Waals surface area (Å²) in [5.74, 6) is -0.437. The van der Waals surface area contributed by atoms with Crippen LogP contribution in [0.4, 0.5) is 0 Å². The van der Waals surface area contributed by atoms with Gasteiger partial charge in [-0.2, -0.15) is 4.99 Å². The number of nitrogens with zero attached hydrogens (tertiary/aromatic N) is 1. The third-order valence-corrected chi connectivity index (χ3v) is 3.06. The number of ether oxygens (including phenoxy) is 1. The molecule has 1 radical (unpaired) electrons. The number of esters is 1. The average molecular weight is 234 g/mol. The molecule has 2 aliphatic rings. The highest BCUT2D eigenvalue weighted by Crippen LogP contribution is 2.48. The zero-order chi connectivity index (χ0) is 12.7. The maximum atomic E-state index is 12.0. The lowest BCUT2D eigenvalue weighted by atomic mass is 9.91. The molecular formula is C13H16NO3. The van der Waals surface area contributed by atoms with E-state index in [4.69, 9.17) is 4.74 Å². The summed E-state index contributed by atoms with van der Waals surface area (Å²) in [7, 11) is 0. The van der Waals surface area contributed by atoms with E-state index in [1.54, 1.807) is 12.5 Å². The highest BCUT2D eigenvalue weighted by atomic mass is 16.6. The number of carbonyl (C=O) groups is 1. The first kappa shape index (κ1) is 12.1. The van der Waals surface area contributed by atoms with E-state index in [2.05, 4.69) is 4.99 Å². The van der Waals surface area contributed by atoms with Crippen LogP contribution in [0.1, 0.15) is 27.2 Å². The highest BCUT2D eigenvalue weighted by molar-refractivity contribution is 5.77. The topological polar surface area (TPSA) is 55.7 Å². The SMILES string of the molecule is CC(C)(C)OC(=O)C1[CH]C2(N=C=O)C=CC1C2. The van der Waals surface area contributed by atoms with E-state index in [1.165, 1.54) is 0 Å². The number of rotatable bonds is 2. The van der Waals surface area contributed by atoms with Crippen LogP contribution in [0.2, 0.25) is 0 Å². The van der Waals surface area contributed by atoms with Gasteiger partial charge < -0.3 is 4.74 Å². The van der Waals surface area contributed by atoms with E-state index in [1.807, 2.05) is 32.9 Å². The van der Waals surface area contributed by atoms with Crippen molar-refractivity contribution in [2.75, 3.05) is 0 Å².